The molecule has 0 saturated carbocycles. The molecule has 8 heteroatoms. The summed E-state index contributed by atoms with van der Waals surface area (Å²) in [6.45, 7) is 0.781. The lowest BCUT2D eigenvalue weighted by Crippen LogP contribution is -2.36. The molecule has 2 aromatic heterocycles. The highest BCUT2D eigenvalue weighted by molar-refractivity contribution is 5.78. The highest BCUT2D eigenvalue weighted by atomic mass is 19.4. The number of carbonyl (C=O) groups excluding carboxylic acids is 1. The average Bonchev–Trinajstić information content (AvgIpc) is 3.44. The Balaban J connectivity index is 1.53. The van der Waals surface area contributed by atoms with E-state index in [1.54, 1.807) is 24.4 Å². The number of aromatic nitrogens is 3. The van der Waals surface area contributed by atoms with Gasteiger partial charge in [0, 0.05) is 37.0 Å². The number of amides is 1. The van der Waals surface area contributed by atoms with Crippen molar-refractivity contribution in [1.82, 2.24) is 19.7 Å². The van der Waals surface area contributed by atoms with Crippen molar-refractivity contribution in [2.75, 3.05) is 6.54 Å². The number of halogens is 3. The zero-order valence-corrected chi connectivity index (χ0v) is 16.1. The Bertz CT molecular complexity index is 1110. The minimum Gasteiger partial charge on any atom is -0.339 e. The van der Waals surface area contributed by atoms with Crippen molar-refractivity contribution in [3.05, 3.63) is 65.6 Å². The molecule has 1 fully saturated rings. The maximum absolute atomic E-state index is 13.4. The number of pyridine rings is 1. The van der Waals surface area contributed by atoms with Crippen LogP contribution in [0.3, 0.4) is 0 Å². The Hall–Kier alpha value is -3.16. The third kappa shape index (κ3) is 3.26. The molecule has 1 aromatic carbocycles. The largest absolute Gasteiger partial charge is 0.435 e. The van der Waals surface area contributed by atoms with Gasteiger partial charge in [-0.2, -0.15) is 18.3 Å². The van der Waals surface area contributed by atoms with Crippen LogP contribution >= 0.6 is 0 Å². The summed E-state index contributed by atoms with van der Waals surface area (Å²) in [5.41, 5.74) is 2.70. The van der Waals surface area contributed by atoms with Crippen LogP contribution in [0.1, 0.15) is 29.7 Å². The van der Waals surface area contributed by atoms with Gasteiger partial charge in [0.25, 0.3) is 0 Å². The zero-order chi connectivity index (χ0) is 20.9. The molecule has 1 saturated heterocycles. The van der Waals surface area contributed by atoms with E-state index in [9.17, 15) is 18.0 Å². The molecule has 1 amide bonds. The summed E-state index contributed by atoms with van der Waals surface area (Å²) in [6.07, 6.45) is 1.54. The van der Waals surface area contributed by atoms with Crippen molar-refractivity contribution in [1.29, 1.82) is 0 Å². The number of hydrogen-bond donors (Lipinski definition) is 0. The molecule has 3 aromatic rings. The second-order valence-electron chi connectivity index (χ2n) is 7.77. The molecule has 1 aliphatic carbocycles. The van der Waals surface area contributed by atoms with Crippen molar-refractivity contribution in [2.24, 2.45) is 0 Å². The summed E-state index contributed by atoms with van der Waals surface area (Å²) in [4.78, 5) is 18.1. The van der Waals surface area contributed by atoms with Crippen molar-refractivity contribution >= 4 is 5.91 Å². The number of rotatable bonds is 3. The summed E-state index contributed by atoms with van der Waals surface area (Å²) in [7, 11) is 0. The number of likely N-dealkylation sites (tertiary alicyclic amines) is 1. The topological polar surface area (TPSA) is 51.0 Å². The highest BCUT2D eigenvalue weighted by Gasteiger charge is 2.36. The first-order valence-corrected chi connectivity index (χ1v) is 9.89. The third-order valence-corrected chi connectivity index (χ3v) is 5.85. The first-order valence-electron chi connectivity index (χ1n) is 9.89. The van der Waals surface area contributed by atoms with Crippen molar-refractivity contribution in [3.8, 4) is 16.9 Å². The van der Waals surface area contributed by atoms with Gasteiger partial charge < -0.3 is 4.90 Å². The van der Waals surface area contributed by atoms with Gasteiger partial charge in [-0.25, -0.2) is 4.68 Å². The molecule has 1 aliphatic heterocycles. The molecule has 3 heterocycles. The number of fused-ring (bicyclic) bond motifs is 1. The second kappa shape index (κ2) is 6.97. The SMILES string of the molecule is O=C1CCCN1[C@@H]1Cc2ccc(-n3nc(C(F)(F)F)cc3-c3cccnc3)cc2C1. The van der Waals surface area contributed by atoms with Crippen molar-refractivity contribution in [3.63, 3.8) is 0 Å². The minimum absolute atomic E-state index is 0.131. The molecule has 154 valence electrons. The number of carbonyl (C=O) groups is 1. The van der Waals surface area contributed by atoms with Crippen LogP contribution in [-0.4, -0.2) is 38.2 Å². The van der Waals surface area contributed by atoms with E-state index >= 15 is 0 Å². The fraction of sp³-hybridized carbons (Fsp3) is 0.318. The van der Waals surface area contributed by atoms with Crippen LogP contribution in [0.4, 0.5) is 13.2 Å². The Morgan fingerprint density at radius 1 is 1.07 bits per heavy atom. The number of alkyl halides is 3. The smallest absolute Gasteiger partial charge is 0.339 e. The lowest BCUT2D eigenvalue weighted by atomic mass is 10.1. The van der Waals surface area contributed by atoms with Crippen LogP contribution in [0.2, 0.25) is 0 Å². The van der Waals surface area contributed by atoms with Crippen LogP contribution in [0.25, 0.3) is 16.9 Å². The van der Waals surface area contributed by atoms with E-state index in [4.69, 9.17) is 0 Å². The van der Waals surface area contributed by atoms with Gasteiger partial charge in [-0.05, 0) is 60.7 Å². The van der Waals surface area contributed by atoms with E-state index in [1.165, 1.54) is 10.9 Å². The maximum atomic E-state index is 13.4. The quantitative estimate of drug-likeness (QED) is 0.652. The Kier molecular flexibility index (Phi) is 4.38. The molecule has 30 heavy (non-hydrogen) atoms. The zero-order valence-electron chi connectivity index (χ0n) is 16.1. The van der Waals surface area contributed by atoms with Gasteiger partial charge in [0.05, 0.1) is 11.4 Å². The molecule has 0 bridgehead atoms. The maximum Gasteiger partial charge on any atom is 0.435 e. The summed E-state index contributed by atoms with van der Waals surface area (Å²) in [5, 5.41) is 3.86. The number of benzene rings is 1. The monoisotopic (exact) mass is 412 g/mol. The molecule has 5 nitrogen and oxygen atoms in total. The van der Waals surface area contributed by atoms with Crippen LogP contribution in [0.5, 0.6) is 0 Å². The van der Waals surface area contributed by atoms with Gasteiger partial charge in [-0.15, -0.1) is 0 Å². The van der Waals surface area contributed by atoms with Gasteiger partial charge in [0.2, 0.25) is 5.91 Å². The molecule has 1 atom stereocenters. The van der Waals surface area contributed by atoms with E-state index in [1.807, 2.05) is 17.0 Å². The third-order valence-electron chi connectivity index (χ3n) is 5.85. The Morgan fingerprint density at radius 2 is 1.90 bits per heavy atom. The van der Waals surface area contributed by atoms with E-state index in [-0.39, 0.29) is 11.9 Å². The van der Waals surface area contributed by atoms with E-state index in [0.717, 1.165) is 36.6 Å². The number of nitrogens with zero attached hydrogens (tertiary/aromatic N) is 4. The molecular formula is C22H19F3N4O. The molecule has 2 aliphatic rings. The molecule has 0 spiro atoms. The average molecular weight is 412 g/mol. The van der Waals surface area contributed by atoms with Gasteiger partial charge in [-0.1, -0.05) is 6.07 Å². The van der Waals surface area contributed by atoms with E-state index in [2.05, 4.69) is 10.1 Å². The normalized spacial score (nSPS) is 18.8. The summed E-state index contributed by atoms with van der Waals surface area (Å²) < 4.78 is 41.4. The lowest BCUT2D eigenvalue weighted by Gasteiger charge is -2.23. The number of hydrogen-bond acceptors (Lipinski definition) is 3. The van der Waals surface area contributed by atoms with Gasteiger partial charge in [0.1, 0.15) is 0 Å². The molecular weight excluding hydrogens is 393 g/mol. The first-order chi connectivity index (χ1) is 14.4. The molecule has 0 N–H and O–H groups in total. The Labute approximate surface area is 171 Å². The van der Waals surface area contributed by atoms with Crippen molar-refractivity contribution in [2.45, 2.75) is 37.9 Å². The van der Waals surface area contributed by atoms with Crippen molar-refractivity contribution < 1.29 is 18.0 Å². The van der Waals surface area contributed by atoms with Gasteiger partial charge in [-0.3, -0.25) is 9.78 Å². The summed E-state index contributed by atoms with van der Waals surface area (Å²) in [6, 6.07) is 10.2. The minimum atomic E-state index is -4.54. The first kappa shape index (κ1) is 18.8. The van der Waals surface area contributed by atoms with Gasteiger partial charge >= 0.3 is 6.18 Å². The predicted octanol–water partition coefficient (Wildman–Crippen LogP) is 4.04. The summed E-state index contributed by atoms with van der Waals surface area (Å²) in [5.74, 6) is 0.189. The fourth-order valence-electron chi connectivity index (χ4n) is 4.42. The van der Waals surface area contributed by atoms with E-state index in [0.29, 0.717) is 29.8 Å². The second-order valence-corrected chi connectivity index (χ2v) is 7.77. The summed E-state index contributed by atoms with van der Waals surface area (Å²) >= 11 is 0. The van der Waals surface area contributed by atoms with Crippen LogP contribution in [-0.2, 0) is 23.8 Å². The molecule has 0 radical (unpaired) electrons. The molecule has 5 rings (SSSR count). The van der Waals surface area contributed by atoms with Crippen LogP contribution < -0.4 is 0 Å². The van der Waals surface area contributed by atoms with Crippen LogP contribution in [0, 0.1) is 0 Å². The predicted molar refractivity (Wildman–Crippen MR) is 104 cm³/mol. The lowest BCUT2D eigenvalue weighted by molar-refractivity contribution is -0.141. The highest BCUT2D eigenvalue weighted by Crippen LogP contribution is 2.35. The van der Waals surface area contributed by atoms with Gasteiger partial charge in [0.15, 0.2) is 5.69 Å². The van der Waals surface area contributed by atoms with E-state index < -0.39 is 11.9 Å². The Morgan fingerprint density at radius 3 is 2.60 bits per heavy atom. The standard InChI is InChI=1S/C22H19F3N4O/c23-22(24,25)20-12-19(15-3-1-7-26-13-15)29(27-20)17-6-5-14-9-18(11-16(14)10-17)28-8-2-4-21(28)30/h1,3,5-7,10,12-13,18H,2,4,8-9,11H2/t18-/m1/s1. The van der Waals surface area contributed by atoms with Crippen LogP contribution in [0.15, 0.2) is 48.8 Å². The molecule has 0 unspecified atom stereocenters. The fourth-order valence-corrected chi connectivity index (χ4v) is 4.42.